The maximum absolute atomic E-state index is 6.05. The fourth-order valence-corrected chi connectivity index (χ4v) is 2.48. The van der Waals surface area contributed by atoms with Crippen LogP contribution in [0.4, 0.5) is 11.6 Å². The predicted octanol–water partition coefficient (Wildman–Crippen LogP) is 4.07. The fourth-order valence-electron chi connectivity index (χ4n) is 2.28. The van der Waals surface area contributed by atoms with Crippen molar-refractivity contribution in [1.82, 2.24) is 9.97 Å². The van der Waals surface area contributed by atoms with Gasteiger partial charge >= 0.3 is 0 Å². The molecule has 1 aliphatic carbocycles. The summed E-state index contributed by atoms with van der Waals surface area (Å²) in [7, 11) is 0. The maximum atomic E-state index is 6.05. The molecule has 1 heterocycles. The molecule has 1 saturated carbocycles. The number of nitrogen functional groups attached to an aromatic ring is 1. The second kappa shape index (κ2) is 5.53. The van der Waals surface area contributed by atoms with Crippen molar-refractivity contribution >= 4 is 23.2 Å². The molecule has 0 spiro atoms. The highest BCUT2D eigenvalue weighted by atomic mass is 35.5. The zero-order valence-electron chi connectivity index (χ0n) is 12.2. The van der Waals surface area contributed by atoms with Gasteiger partial charge in [0.05, 0.1) is 6.04 Å². The zero-order chi connectivity index (χ0) is 15.0. The summed E-state index contributed by atoms with van der Waals surface area (Å²) in [5.74, 6) is 2.72. The van der Waals surface area contributed by atoms with E-state index in [0.29, 0.717) is 11.7 Å². The molecule has 0 saturated heterocycles. The van der Waals surface area contributed by atoms with Crippen molar-refractivity contribution in [2.75, 3.05) is 11.1 Å². The molecule has 0 amide bonds. The van der Waals surface area contributed by atoms with Gasteiger partial charge in [0.1, 0.15) is 17.5 Å². The Bertz CT molecular complexity index is 667. The molecule has 2 aromatic rings. The molecule has 0 radical (unpaired) electrons. The van der Waals surface area contributed by atoms with Crippen molar-refractivity contribution in [3.05, 3.63) is 46.2 Å². The molecule has 1 aromatic carbocycles. The van der Waals surface area contributed by atoms with Gasteiger partial charge in [-0.3, -0.25) is 0 Å². The summed E-state index contributed by atoms with van der Waals surface area (Å²) in [6.07, 6.45) is 2.32. The highest BCUT2D eigenvalue weighted by Crippen LogP contribution is 2.39. The van der Waals surface area contributed by atoms with Crippen LogP contribution in [-0.2, 0) is 0 Å². The number of halogens is 1. The Labute approximate surface area is 129 Å². The van der Waals surface area contributed by atoms with Crippen LogP contribution >= 0.6 is 11.6 Å². The smallest absolute Gasteiger partial charge is 0.136 e. The third-order valence-corrected chi connectivity index (χ3v) is 4.08. The molecule has 5 heteroatoms. The lowest BCUT2D eigenvalue weighted by Gasteiger charge is -2.18. The monoisotopic (exact) mass is 302 g/mol. The molecular formula is C16H19ClN4. The van der Waals surface area contributed by atoms with E-state index in [9.17, 15) is 0 Å². The van der Waals surface area contributed by atoms with Crippen LogP contribution in [0.5, 0.6) is 0 Å². The van der Waals surface area contributed by atoms with Crippen molar-refractivity contribution in [2.45, 2.75) is 38.6 Å². The van der Waals surface area contributed by atoms with Crippen LogP contribution in [0.15, 0.2) is 24.3 Å². The van der Waals surface area contributed by atoms with Crippen LogP contribution in [0.25, 0.3) is 0 Å². The molecule has 21 heavy (non-hydrogen) atoms. The van der Waals surface area contributed by atoms with E-state index in [-0.39, 0.29) is 6.04 Å². The molecule has 0 aliphatic heterocycles. The van der Waals surface area contributed by atoms with Gasteiger partial charge in [-0.25, -0.2) is 9.97 Å². The summed E-state index contributed by atoms with van der Waals surface area (Å²) < 4.78 is 0. The minimum atomic E-state index is 0.101. The molecule has 110 valence electrons. The average Bonchev–Trinajstić information content (AvgIpc) is 3.28. The first-order chi connectivity index (χ1) is 10.0. The van der Waals surface area contributed by atoms with Crippen molar-refractivity contribution in [3.63, 3.8) is 0 Å². The van der Waals surface area contributed by atoms with E-state index in [4.69, 9.17) is 17.3 Å². The van der Waals surface area contributed by atoms with E-state index >= 15 is 0 Å². The highest BCUT2D eigenvalue weighted by molar-refractivity contribution is 6.30. The van der Waals surface area contributed by atoms with Crippen molar-refractivity contribution in [1.29, 1.82) is 0 Å². The summed E-state index contributed by atoms with van der Waals surface area (Å²) in [5.41, 5.74) is 8.03. The van der Waals surface area contributed by atoms with Gasteiger partial charge in [-0.2, -0.15) is 0 Å². The normalized spacial score (nSPS) is 15.8. The molecule has 0 bridgehead atoms. The molecule has 1 aromatic heterocycles. The van der Waals surface area contributed by atoms with Crippen LogP contribution in [0.1, 0.15) is 48.7 Å². The topological polar surface area (TPSA) is 63.8 Å². The lowest BCUT2D eigenvalue weighted by atomic mass is 10.1. The quantitative estimate of drug-likeness (QED) is 0.893. The first-order valence-electron chi connectivity index (χ1n) is 7.20. The Morgan fingerprint density at radius 1 is 1.33 bits per heavy atom. The molecular weight excluding hydrogens is 284 g/mol. The summed E-state index contributed by atoms with van der Waals surface area (Å²) >= 11 is 6.05. The van der Waals surface area contributed by atoms with Crippen LogP contribution < -0.4 is 11.1 Å². The maximum Gasteiger partial charge on any atom is 0.136 e. The van der Waals surface area contributed by atoms with E-state index in [0.717, 1.165) is 40.6 Å². The molecule has 1 fully saturated rings. The highest BCUT2D eigenvalue weighted by Gasteiger charge is 2.28. The first kappa shape index (κ1) is 14.1. The standard InChI is InChI=1S/C16H19ClN4/c1-9-14(18)20-16(11-6-7-11)21-15(9)19-10(2)12-4-3-5-13(17)8-12/h3-5,8,10-11H,6-7H2,1-2H3,(H3,18,19,20,21). The second-order valence-corrected chi connectivity index (χ2v) is 6.07. The Morgan fingerprint density at radius 3 is 2.76 bits per heavy atom. The number of nitrogens with zero attached hydrogens (tertiary/aromatic N) is 2. The molecule has 1 unspecified atom stereocenters. The largest absolute Gasteiger partial charge is 0.383 e. The predicted molar refractivity (Wildman–Crippen MR) is 86.6 cm³/mol. The average molecular weight is 303 g/mol. The molecule has 1 atom stereocenters. The zero-order valence-corrected chi connectivity index (χ0v) is 13.0. The van der Waals surface area contributed by atoms with Crippen molar-refractivity contribution in [2.24, 2.45) is 0 Å². The summed E-state index contributed by atoms with van der Waals surface area (Å²) in [6, 6.07) is 7.93. The molecule has 1 aliphatic rings. The minimum absolute atomic E-state index is 0.101. The second-order valence-electron chi connectivity index (χ2n) is 5.64. The fraction of sp³-hybridized carbons (Fsp3) is 0.375. The van der Waals surface area contributed by atoms with Gasteiger partial charge in [0.2, 0.25) is 0 Å². The van der Waals surface area contributed by atoms with Gasteiger partial charge in [-0.05, 0) is 44.4 Å². The lowest BCUT2D eigenvalue weighted by Crippen LogP contribution is -2.12. The van der Waals surface area contributed by atoms with Gasteiger partial charge in [-0.15, -0.1) is 0 Å². The van der Waals surface area contributed by atoms with Crippen LogP contribution in [0.2, 0.25) is 5.02 Å². The first-order valence-corrected chi connectivity index (χ1v) is 7.58. The third-order valence-electron chi connectivity index (χ3n) is 3.85. The van der Waals surface area contributed by atoms with Crippen molar-refractivity contribution in [3.8, 4) is 0 Å². The number of hydrogen-bond acceptors (Lipinski definition) is 4. The Kier molecular flexibility index (Phi) is 3.72. The Morgan fingerprint density at radius 2 is 2.10 bits per heavy atom. The van der Waals surface area contributed by atoms with Gasteiger partial charge in [-0.1, -0.05) is 23.7 Å². The van der Waals surface area contributed by atoms with E-state index in [1.807, 2.05) is 31.2 Å². The van der Waals surface area contributed by atoms with Crippen molar-refractivity contribution < 1.29 is 0 Å². The third kappa shape index (κ3) is 3.10. The lowest BCUT2D eigenvalue weighted by molar-refractivity contribution is 0.850. The molecule has 3 rings (SSSR count). The van der Waals surface area contributed by atoms with E-state index in [1.165, 1.54) is 0 Å². The van der Waals surface area contributed by atoms with Crippen LogP contribution in [-0.4, -0.2) is 9.97 Å². The number of benzene rings is 1. The number of aromatic nitrogens is 2. The summed E-state index contributed by atoms with van der Waals surface area (Å²) in [5, 5.41) is 4.16. The SMILES string of the molecule is Cc1c(N)nc(C2CC2)nc1NC(C)c1cccc(Cl)c1. The van der Waals surface area contributed by atoms with Crippen LogP contribution in [0, 0.1) is 6.92 Å². The number of nitrogens with two attached hydrogens (primary N) is 1. The number of hydrogen-bond donors (Lipinski definition) is 2. The summed E-state index contributed by atoms with van der Waals surface area (Å²) in [4.78, 5) is 9.04. The Hall–Kier alpha value is -1.81. The summed E-state index contributed by atoms with van der Waals surface area (Å²) in [6.45, 7) is 4.03. The van der Waals surface area contributed by atoms with E-state index in [1.54, 1.807) is 0 Å². The van der Waals surface area contributed by atoms with Crippen LogP contribution in [0.3, 0.4) is 0 Å². The number of anilines is 2. The number of rotatable bonds is 4. The Balaban J connectivity index is 1.86. The van der Waals surface area contributed by atoms with Gasteiger partial charge in [0, 0.05) is 16.5 Å². The van der Waals surface area contributed by atoms with Gasteiger partial charge < -0.3 is 11.1 Å². The molecule has 4 nitrogen and oxygen atoms in total. The van der Waals surface area contributed by atoms with Gasteiger partial charge in [0.25, 0.3) is 0 Å². The van der Waals surface area contributed by atoms with E-state index < -0.39 is 0 Å². The van der Waals surface area contributed by atoms with E-state index in [2.05, 4.69) is 22.2 Å². The van der Waals surface area contributed by atoms with Gasteiger partial charge in [0.15, 0.2) is 0 Å². The number of nitrogens with one attached hydrogen (secondary N) is 1. The molecule has 3 N–H and O–H groups in total. The minimum Gasteiger partial charge on any atom is -0.383 e.